The summed E-state index contributed by atoms with van der Waals surface area (Å²) in [6, 6.07) is 9.57. The number of nitrogens with zero attached hydrogens (tertiary/aromatic N) is 1. The molecule has 0 bridgehead atoms. The lowest BCUT2D eigenvalue weighted by Crippen LogP contribution is -2.33. The maximum absolute atomic E-state index is 13.0. The van der Waals surface area contributed by atoms with Gasteiger partial charge in [0.05, 0.1) is 4.90 Å². The van der Waals surface area contributed by atoms with Crippen molar-refractivity contribution in [3.8, 4) is 0 Å². The number of likely N-dealkylation sites (N-methyl/N-ethyl adjacent to an activating group) is 2. The molecule has 0 atom stereocenters. The van der Waals surface area contributed by atoms with Crippen LogP contribution in [0.25, 0.3) is 0 Å². The van der Waals surface area contributed by atoms with Gasteiger partial charge in [0, 0.05) is 31.4 Å². The summed E-state index contributed by atoms with van der Waals surface area (Å²) in [6.45, 7) is 2.78. The second kappa shape index (κ2) is 9.68. The Labute approximate surface area is 165 Å². The number of benzene rings is 2. The number of nitrogens with one attached hydrogen (secondary N) is 2. The van der Waals surface area contributed by atoms with Gasteiger partial charge in [0.2, 0.25) is 0 Å². The molecule has 27 heavy (non-hydrogen) atoms. The van der Waals surface area contributed by atoms with E-state index in [1.165, 1.54) is 35.2 Å². The maximum Gasteiger partial charge on any atom is 0.262 e. The van der Waals surface area contributed by atoms with Crippen molar-refractivity contribution in [1.29, 1.82) is 0 Å². The number of amides is 1. The first kappa shape index (κ1) is 22.9. The number of anilines is 1. The molecule has 0 aliphatic carbocycles. The molecule has 2 aromatic rings. The summed E-state index contributed by atoms with van der Waals surface area (Å²) in [4.78, 5) is 14.0. The van der Waals surface area contributed by atoms with Crippen molar-refractivity contribution in [1.82, 2.24) is 10.2 Å². The third-order valence-electron chi connectivity index (χ3n) is 3.86. The third kappa shape index (κ3) is 5.92. The van der Waals surface area contributed by atoms with Crippen LogP contribution in [-0.4, -0.2) is 46.4 Å². The highest BCUT2D eigenvalue weighted by atomic mass is 35.5. The number of halogens is 2. The van der Waals surface area contributed by atoms with Crippen LogP contribution in [0.1, 0.15) is 15.9 Å². The van der Waals surface area contributed by atoms with Gasteiger partial charge in [-0.05, 0) is 55.9 Å². The Bertz CT molecular complexity index is 889. The van der Waals surface area contributed by atoms with Gasteiger partial charge >= 0.3 is 0 Å². The summed E-state index contributed by atoms with van der Waals surface area (Å²) in [5.74, 6) is -0.722. The lowest BCUT2D eigenvalue weighted by atomic mass is 10.1. The Hall–Kier alpha value is -2.16. The number of rotatable bonds is 7. The average molecular weight is 416 g/mol. The van der Waals surface area contributed by atoms with Gasteiger partial charge in [0.25, 0.3) is 15.9 Å². The third-order valence-corrected chi connectivity index (χ3v) is 5.39. The van der Waals surface area contributed by atoms with Gasteiger partial charge in [-0.15, -0.1) is 12.4 Å². The van der Waals surface area contributed by atoms with Crippen LogP contribution < -0.4 is 10.0 Å². The first-order chi connectivity index (χ1) is 12.2. The number of aryl methyl sites for hydroxylation is 1. The topological polar surface area (TPSA) is 78.5 Å². The molecular weight excluding hydrogens is 393 g/mol. The molecule has 1 amide bonds. The molecule has 0 saturated carbocycles. The van der Waals surface area contributed by atoms with E-state index in [1.54, 1.807) is 33.2 Å². The first-order valence-electron chi connectivity index (χ1n) is 8.03. The zero-order chi connectivity index (χ0) is 19.3. The molecule has 0 radical (unpaired) electrons. The van der Waals surface area contributed by atoms with E-state index in [2.05, 4.69) is 10.0 Å². The smallest absolute Gasteiger partial charge is 0.262 e. The summed E-state index contributed by atoms with van der Waals surface area (Å²) in [6.07, 6.45) is 0. The van der Waals surface area contributed by atoms with E-state index in [0.717, 1.165) is 0 Å². The van der Waals surface area contributed by atoms with E-state index in [4.69, 9.17) is 0 Å². The van der Waals surface area contributed by atoms with Gasteiger partial charge in [-0.2, -0.15) is 0 Å². The van der Waals surface area contributed by atoms with Crippen LogP contribution >= 0.6 is 12.4 Å². The second-order valence-electron chi connectivity index (χ2n) is 5.92. The maximum atomic E-state index is 13.0. The predicted octanol–water partition coefficient (Wildman–Crippen LogP) is 2.65. The standard InChI is InChI=1S/C18H22FN3O3S.ClH/c1-13-4-5-14(18(23)22(3)11-10-20-2)12-17(13)26(24,25)21-16-8-6-15(19)7-9-16;/h4-9,12,20-21H,10-11H2,1-3H3;1H. The number of carbonyl (C=O) groups excluding carboxylic acids is 1. The molecule has 0 aromatic heterocycles. The van der Waals surface area contributed by atoms with Crippen molar-refractivity contribution < 1.29 is 17.6 Å². The monoisotopic (exact) mass is 415 g/mol. The molecule has 2 aromatic carbocycles. The molecule has 0 heterocycles. The van der Waals surface area contributed by atoms with Crippen molar-refractivity contribution >= 4 is 34.0 Å². The van der Waals surface area contributed by atoms with Crippen LogP contribution in [0.3, 0.4) is 0 Å². The Morgan fingerprint density at radius 1 is 1.15 bits per heavy atom. The zero-order valence-electron chi connectivity index (χ0n) is 15.3. The van der Waals surface area contributed by atoms with Crippen molar-refractivity contribution in [2.24, 2.45) is 0 Å². The molecule has 6 nitrogen and oxygen atoms in total. The SMILES string of the molecule is CNCCN(C)C(=O)c1ccc(C)c(S(=O)(=O)Nc2ccc(F)cc2)c1.Cl. The molecule has 2 rings (SSSR count). The summed E-state index contributed by atoms with van der Waals surface area (Å²) >= 11 is 0. The minimum atomic E-state index is -3.91. The summed E-state index contributed by atoms with van der Waals surface area (Å²) in [5, 5.41) is 2.95. The molecule has 2 N–H and O–H groups in total. The normalized spacial score (nSPS) is 10.8. The predicted molar refractivity (Wildman–Crippen MR) is 107 cm³/mol. The fourth-order valence-corrected chi connectivity index (χ4v) is 3.68. The Balaban J connectivity index is 0.00000364. The van der Waals surface area contributed by atoms with Crippen LogP contribution in [0, 0.1) is 12.7 Å². The van der Waals surface area contributed by atoms with Gasteiger partial charge in [-0.1, -0.05) is 6.07 Å². The molecule has 9 heteroatoms. The van der Waals surface area contributed by atoms with Crippen molar-refractivity contribution in [3.05, 3.63) is 59.4 Å². The number of hydrogen-bond donors (Lipinski definition) is 2. The number of carbonyl (C=O) groups is 1. The molecule has 0 aliphatic rings. The lowest BCUT2D eigenvalue weighted by Gasteiger charge is -2.18. The van der Waals surface area contributed by atoms with Crippen LogP contribution in [-0.2, 0) is 10.0 Å². The molecule has 0 fully saturated rings. The fraction of sp³-hybridized carbons (Fsp3) is 0.278. The molecule has 0 unspecified atom stereocenters. The van der Waals surface area contributed by atoms with E-state index < -0.39 is 15.8 Å². The van der Waals surface area contributed by atoms with Gasteiger partial charge in [0.15, 0.2) is 0 Å². The van der Waals surface area contributed by atoms with Crippen LogP contribution in [0.15, 0.2) is 47.4 Å². The second-order valence-corrected chi connectivity index (χ2v) is 7.57. The highest BCUT2D eigenvalue weighted by Gasteiger charge is 2.20. The van der Waals surface area contributed by atoms with Crippen LogP contribution in [0.2, 0.25) is 0 Å². The minimum Gasteiger partial charge on any atom is -0.340 e. The Morgan fingerprint density at radius 2 is 1.78 bits per heavy atom. The van der Waals surface area contributed by atoms with Crippen molar-refractivity contribution in [2.75, 3.05) is 31.9 Å². The van der Waals surface area contributed by atoms with Crippen molar-refractivity contribution in [2.45, 2.75) is 11.8 Å². The van der Waals surface area contributed by atoms with Crippen LogP contribution in [0.5, 0.6) is 0 Å². The fourth-order valence-electron chi connectivity index (χ4n) is 2.35. The van der Waals surface area contributed by atoms with E-state index in [-0.39, 0.29) is 34.5 Å². The highest BCUT2D eigenvalue weighted by molar-refractivity contribution is 7.92. The molecule has 0 aliphatic heterocycles. The summed E-state index contributed by atoms with van der Waals surface area (Å²) in [7, 11) is -0.466. The average Bonchev–Trinajstić information content (AvgIpc) is 2.61. The molecule has 0 spiro atoms. The number of hydrogen-bond acceptors (Lipinski definition) is 4. The zero-order valence-corrected chi connectivity index (χ0v) is 17.0. The highest BCUT2D eigenvalue weighted by Crippen LogP contribution is 2.21. The van der Waals surface area contributed by atoms with Gasteiger partial charge in [0.1, 0.15) is 5.82 Å². The van der Waals surface area contributed by atoms with E-state index in [1.807, 2.05) is 0 Å². The van der Waals surface area contributed by atoms with Gasteiger partial charge in [-0.25, -0.2) is 12.8 Å². The van der Waals surface area contributed by atoms with Crippen molar-refractivity contribution in [3.63, 3.8) is 0 Å². The Kier molecular flexibility index (Phi) is 8.20. The van der Waals surface area contributed by atoms with Crippen LogP contribution in [0.4, 0.5) is 10.1 Å². The van der Waals surface area contributed by atoms with E-state index >= 15 is 0 Å². The lowest BCUT2D eigenvalue weighted by molar-refractivity contribution is 0.0796. The van der Waals surface area contributed by atoms with Gasteiger partial charge in [-0.3, -0.25) is 9.52 Å². The molecular formula is C18H23ClFN3O3S. The summed E-state index contributed by atoms with van der Waals surface area (Å²) in [5.41, 5.74) is 1.04. The molecule has 148 valence electrons. The van der Waals surface area contributed by atoms with Gasteiger partial charge < -0.3 is 10.2 Å². The minimum absolute atomic E-state index is 0. The Morgan fingerprint density at radius 3 is 2.37 bits per heavy atom. The summed E-state index contributed by atoms with van der Waals surface area (Å²) < 4.78 is 40.8. The first-order valence-corrected chi connectivity index (χ1v) is 9.52. The number of sulfonamides is 1. The largest absolute Gasteiger partial charge is 0.340 e. The quantitative estimate of drug-likeness (QED) is 0.728. The van der Waals surface area contributed by atoms with E-state index in [0.29, 0.717) is 18.7 Å². The molecule has 0 saturated heterocycles. The van der Waals surface area contributed by atoms with E-state index in [9.17, 15) is 17.6 Å².